The number of aromatic nitrogens is 6. The fourth-order valence-corrected chi connectivity index (χ4v) is 4.40. The van der Waals surface area contributed by atoms with Gasteiger partial charge < -0.3 is 15.3 Å². The molecule has 0 radical (unpaired) electrons. The molecule has 2 aromatic carbocycles. The summed E-state index contributed by atoms with van der Waals surface area (Å²) in [5.74, 6) is 1.98. The minimum atomic E-state index is -1.00. The lowest BCUT2D eigenvalue weighted by Crippen LogP contribution is -2.31. The summed E-state index contributed by atoms with van der Waals surface area (Å²) in [5.41, 5.74) is 4.19. The molecule has 0 saturated heterocycles. The van der Waals surface area contributed by atoms with Gasteiger partial charge in [-0.3, -0.25) is 4.98 Å². The van der Waals surface area contributed by atoms with Crippen LogP contribution in [0.4, 0.5) is 21.8 Å². The lowest BCUT2D eigenvalue weighted by atomic mass is 10.1. The van der Waals surface area contributed by atoms with Crippen LogP contribution in [0.1, 0.15) is 23.2 Å². The van der Waals surface area contributed by atoms with Gasteiger partial charge in [-0.1, -0.05) is 30.3 Å². The zero-order chi connectivity index (χ0) is 24.8. The van der Waals surface area contributed by atoms with Gasteiger partial charge in [0.2, 0.25) is 5.95 Å². The first-order chi connectivity index (χ1) is 17.5. The van der Waals surface area contributed by atoms with Crippen LogP contribution in [0, 0.1) is 12.7 Å². The number of aliphatic hydroxyl groups is 1. The largest absolute Gasteiger partial charge is 0.369 e. The van der Waals surface area contributed by atoms with Crippen molar-refractivity contribution in [3.63, 3.8) is 0 Å². The average Bonchev–Trinajstić information content (AvgIpc) is 3.45. The van der Waals surface area contributed by atoms with Gasteiger partial charge in [0.05, 0.1) is 17.8 Å². The van der Waals surface area contributed by atoms with Crippen molar-refractivity contribution >= 4 is 17.5 Å². The lowest BCUT2D eigenvalue weighted by molar-refractivity contribution is 0.173. The van der Waals surface area contributed by atoms with Gasteiger partial charge in [-0.2, -0.15) is 5.10 Å². The normalized spacial score (nSPS) is 14.4. The van der Waals surface area contributed by atoms with Gasteiger partial charge in [-0.05, 0) is 48.9 Å². The molecule has 0 fully saturated rings. The minimum Gasteiger partial charge on any atom is -0.369 e. The summed E-state index contributed by atoms with van der Waals surface area (Å²) >= 11 is 0. The Morgan fingerprint density at radius 1 is 1.00 bits per heavy atom. The van der Waals surface area contributed by atoms with E-state index in [0.717, 1.165) is 16.8 Å². The molecule has 2 N–H and O–H groups in total. The highest BCUT2D eigenvalue weighted by atomic mass is 19.1. The Kier molecular flexibility index (Phi) is 5.23. The predicted octanol–water partition coefficient (Wildman–Crippen LogP) is 4.21. The number of hydrogen-bond donors (Lipinski definition) is 2. The zero-order valence-corrected chi connectivity index (χ0v) is 19.7. The van der Waals surface area contributed by atoms with Gasteiger partial charge in [0.1, 0.15) is 17.5 Å². The standard InChI is InChI=1S/C26H23FN8O/c1-16-30-31-26-33(2)25(36)22-23(29-20-12-10-19(27)11-13-20)34(32-24(22)35(16)26)15-17-6-8-18(9-7-17)21-5-3-4-14-28-21/h3-14,25,29,36H,15H2,1-2H3. The number of hydrogen-bond acceptors (Lipinski definition) is 7. The summed E-state index contributed by atoms with van der Waals surface area (Å²) < 4.78 is 17.2. The molecule has 10 heteroatoms. The van der Waals surface area contributed by atoms with Crippen LogP contribution >= 0.6 is 0 Å². The average molecular weight is 483 g/mol. The van der Waals surface area contributed by atoms with E-state index in [1.54, 1.807) is 35.0 Å². The van der Waals surface area contributed by atoms with Crippen LogP contribution in [0.3, 0.4) is 0 Å². The van der Waals surface area contributed by atoms with Gasteiger partial charge in [-0.15, -0.1) is 10.2 Å². The van der Waals surface area contributed by atoms with Crippen molar-refractivity contribution in [2.45, 2.75) is 19.7 Å². The maximum Gasteiger partial charge on any atom is 0.235 e. The summed E-state index contributed by atoms with van der Waals surface area (Å²) in [6.45, 7) is 2.28. The fraction of sp³-hybridized carbons (Fsp3) is 0.154. The Balaban J connectivity index is 1.43. The van der Waals surface area contributed by atoms with Gasteiger partial charge in [0.25, 0.3) is 0 Å². The molecule has 1 atom stereocenters. The monoisotopic (exact) mass is 482 g/mol. The van der Waals surface area contributed by atoms with Crippen LogP contribution in [0.25, 0.3) is 17.1 Å². The number of nitrogens with one attached hydrogen (secondary N) is 1. The number of rotatable bonds is 5. The Morgan fingerprint density at radius 3 is 2.50 bits per heavy atom. The van der Waals surface area contributed by atoms with E-state index in [1.807, 2.05) is 54.0 Å². The molecule has 0 saturated carbocycles. The third kappa shape index (κ3) is 3.68. The van der Waals surface area contributed by atoms with Gasteiger partial charge >= 0.3 is 0 Å². The van der Waals surface area contributed by atoms with Crippen molar-refractivity contribution < 1.29 is 9.50 Å². The molecule has 0 aliphatic carbocycles. The highest BCUT2D eigenvalue weighted by Crippen LogP contribution is 2.40. The minimum absolute atomic E-state index is 0.325. The molecule has 1 aliphatic heterocycles. The number of benzene rings is 2. The molecule has 9 nitrogen and oxygen atoms in total. The van der Waals surface area contributed by atoms with Gasteiger partial charge in [0, 0.05) is 24.5 Å². The quantitative estimate of drug-likeness (QED) is 0.387. The molecule has 0 amide bonds. The molecule has 6 rings (SSSR count). The summed E-state index contributed by atoms with van der Waals surface area (Å²) in [6.07, 6.45) is 0.772. The molecular formula is C26H23FN8O. The number of fused-ring (bicyclic) bond motifs is 3. The highest BCUT2D eigenvalue weighted by molar-refractivity contribution is 5.68. The van der Waals surface area contributed by atoms with Gasteiger partial charge in [-0.25, -0.2) is 13.6 Å². The second-order valence-electron chi connectivity index (χ2n) is 8.65. The molecule has 1 aliphatic rings. The van der Waals surface area contributed by atoms with Crippen LogP contribution in [-0.4, -0.2) is 41.7 Å². The lowest BCUT2D eigenvalue weighted by Gasteiger charge is -2.29. The molecule has 180 valence electrons. The molecule has 36 heavy (non-hydrogen) atoms. The third-order valence-electron chi connectivity index (χ3n) is 6.28. The Morgan fingerprint density at radius 2 is 1.78 bits per heavy atom. The first-order valence-electron chi connectivity index (χ1n) is 11.5. The second-order valence-corrected chi connectivity index (χ2v) is 8.65. The molecule has 1 unspecified atom stereocenters. The molecule has 3 aromatic heterocycles. The highest BCUT2D eigenvalue weighted by Gasteiger charge is 2.36. The van der Waals surface area contributed by atoms with Crippen LogP contribution in [0.15, 0.2) is 72.9 Å². The molecule has 5 aromatic rings. The number of nitrogens with zero attached hydrogens (tertiary/aromatic N) is 7. The first kappa shape index (κ1) is 21.9. The zero-order valence-electron chi connectivity index (χ0n) is 19.7. The van der Waals surface area contributed by atoms with E-state index in [0.29, 0.717) is 41.2 Å². The topological polar surface area (TPSA) is 96.9 Å². The summed E-state index contributed by atoms with van der Waals surface area (Å²) in [6, 6.07) is 20.0. The molecule has 4 heterocycles. The van der Waals surface area contributed by atoms with E-state index in [2.05, 4.69) is 20.5 Å². The van der Waals surface area contributed by atoms with Crippen LogP contribution in [-0.2, 0) is 6.54 Å². The van der Waals surface area contributed by atoms with E-state index in [4.69, 9.17) is 5.10 Å². The van der Waals surface area contributed by atoms with Crippen molar-refractivity contribution in [3.05, 3.63) is 95.7 Å². The summed E-state index contributed by atoms with van der Waals surface area (Å²) in [4.78, 5) is 6.06. The summed E-state index contributed by atoms with van der Waals surface area (Å²) in [7, 11) is 1.75. The van der Waals surface area contributed by atoms with Crippen LogP contribution in [0.5, 0.6) is 0 Å². The number of halogens is 1. The molecular weight excluding hydrogens is 459 g/mol. The summed E-state index contributed by atoms with van der Waals surface area (Å²) in [5, 5.41) is 27.8. The SMILES string of the molecule is Cc1nnc2n1-c1nn(Cc3ccc(-c4ccccn4)cc3)c(Nc3ccc(F)cc3)c1C(O)N2C. The van der Waals surface area contributed by atoms with Crippen molar-refractivity contribution in [3.8, 4) is 17.1 Å². The molecule has 0 bridgehead atoms. The number of aliphatic hydroxyl groups excluding tert-OH is 1. The Bertz CT molecular complexity index is 1530. The van der Waals surface area contributed by atoms with Crippen molar-refractivity contribution in [1.29, 1.82) is 0 Å². The smallest absolute Gasteiger partial charge is 0.235 e. The molecule has 0 spiro atoms. The van der Waals surface area contributed by atoms with E-state index < -0.39 is 6.23 Å². The van der Waals surface area contributed by atoms with Crippen molar-refractivity contribution in [2.24, 2.45) is 0 Å². The van der Waals surface area contributed by atoms with Gasteiger partial charge in [0.15, 0.2) is 12.0 Å². The van der Waals surface area contributed by atoms with Crippen LogP contribution in [0.2, 0.25) is 0 Å². The number of aryl methyl sites for hydroxylation is 1. The van der Waals surface area contributed by atoms with E-state index in [9.17, 15) is 9.50 Å². The maximum atomic E-state index is 13.5. The third-order valence-corrected chi connectivity index (χ3v) is 6.28. The fourth-order valence-electron chi connectivity index (χ4n) is 4.40. The number of anilines is 3. The van der Waals surface area contributed by atoms with E-state index in [1.165, 1.54) is 12.1 Å². The van der Waals surface area contributed by atoms with Crippen LogP contribution < -0.4 is 10.2 Å². The van der Waals surface area contributed by atoms with E-state index in [-0.39, 0.29) is 5.82 Å². The Hall–Kier alpha value is -4.57. The van der Waals surface area contributed by atoms with Crippen molar-refractivity contribution in [2.75, 3.05) is 17.3 Å². The first-order valence-corrected chi connectivity index (χ1v) is 11.5. The second kappa shape index (κ2) is 8.58. The predicted molar refractivity (Wildman–Crippen MR) is 134 cm³/mol. The number of pyridine rings is 1. The van der Waals surface area contributed by atoms with Crippen molar-refractivity contribution in [1.82, 2.24) is 29.5 Å². The Labute approximate surface area is 206 Å². The maximum absolute atomic E-state index is 13.5. The van der Waals surface area contributed by atoms with E-state index >= 15 is 0 Å².